The second-order valence-corrected chi connectivity index (χ2v) is 9.62. The van der Waals surface area contributed by atoms with Crippen molar-refractivity contribution in [1.82, 2.24) is 0 Å². The van der Waals surface area contributed by atoms with Crippen LogP contribution in [0.5, 0.6) is 0 Å². The lowest BCUT2D eigenvalue weighted by atomic mass is 9.90. The van der Waals surface area contributed by atoms with Crippen LogP contribution < -0.4 is 10.4 Å². The minimum atomic E-state index is -4.45. The van der Waals surface area contributed by atoms with Crippen molar-refractivity contribution in [3.05, 3.63) is 97.5 Å². The van der Waals surface area contributed by atoms with E-state index in [2.05, 4.69) is 9.69 Å². The Hall–Kier alpha value is -4.50. The number of hydrogen-bond acceptors (Lipinski definition) is 3. The van der Waals surface area contributed by atoms with Gasteiger partial charge < -0.3 is 0 Å². The highest BCUT2D eigenvalue weighted by Crippen LogP contribution is 2.43. The number of halogens is 3. The normalized spacial score (nSPS) is 14.2. The topological polar surface area (TPSA) is 56.3 Å². The van der Waals surface area contributed by atoms with Crippen LogP contribution in [0, 0.1) is 42.7 Å². The van der Waals surface area contributed by atoms with Crippen LogP contribution in [-0.4, -0.2) is 5.51 Å². The molecule has 0 N–H and O–H groups in total. The fraction of sp³-hybridized carbons (Fsp3) is 0.143. The highest BCUT2D eigenvalue weighted by molar-refractivity contribution is 8.00. The number of nitrogens with zero attached hydrogens (tertiary/aromatic N) is 4. The Morgan fingerprint density at radius 2 is 1.39 bits per heavy atom. The summed E-state index contributed by atoms with van der Waals surface area (Å²) in [4.78, 5) is 7.00. The summed E-state index contributed by atoms with van der Waals surface area (Å²) in [7, 11) is 0. The first-order valence-electron chi connectivity index (χ1n) is 10.7. The molecule has 0 bridgehead atoms. The molecule has 0 spiro atoms. The molecule has 0 unspecified atom stereocenters. The number of thioether (sulfide) groups is 1. The molecule has 0 amide bonds. The van der Waals surface area contributed by atoms with Gasteiger partial charge in [-0.15, -0.1) is 0 Å². The lowest BCUT2D eigenvalue weighted by Crippen LogP contribution is -2.25. The van der Waals surface area contributed by atoms with Crippen LogP contribution >= 0.6 is 11.8 Å². The average molecular weight is 495 g/mol. The van der Waals surface area contributed by atoms with E-state index in [9.17, 15) is 23.7 Å². The second-order valence-electron chi connectivity index (χ2n) is 8.48. The van der Waals surface area contributed by atoms with Crippen molar-refractivity contribution in [3.63, 3.8) is 0 Å². The summed E-state index contributed by atoms with van der Waals surface area (Å²) in [5.74, 6) is 0. The van der Waals surface area contributed by atoms with E-state index in [1.807, 2.05) is 37.3 Å². The maximum atomic E-state index is 13.0. The standard InChI is InChI=1S/C28H13F3N4S/c1-14-4-6-18-15(8-14)10-20-24(22(12-32)34-2)21-11-16-9-17(36-28(29,30)31)5-7-19(16)26(21)27(25(18)20)23(13-33)35-3/h4-9H,10-11H2,1H3/b24-22+,27-23+. The van der Waals surface area contributed by atoms with Gasteiger partial charge in [-0.25, -0.2) is 20.2 Å². The molecule has 0 saturated heterocycles. The molecule has 2 aliphatic rings. The molecule has 8 heteroatoms. The number of fused-ring (bicyclic) bond motifs is 6. The maximum absolute atomic E-state index is 13.0. The van der Waals surface area contributed by atoms with Gasteiger partial charge in [0.05, 0.1) is 25.3 Å². The fourth-order valence-corrected chi connectivity index (χ4v) is 5.86. The average Bonchev–Trinajstić information content (AvgIpc) is 3.38. The molecule has 172 valence electrons. The van der Waals surface area contributed by atoms with Gasteiger partial charge in [0.25, 0.3) is 11.4 Å². The molecule has 36 heavy (non-hydrogen) atoms. The molecule has 0 radical (unpaired) electrons. The largest absolute Gasteiger partial charge is 0.446 e. The van der Waals surface area contributed by atoms with E-state index in [0.717, 1.165) is 16.7 Å². The minimum absolute atomic E-state index is 0.0230. The molecule has 5 rings (SSSR count). The van der Waals surface area contributed by atoms with Gasteiger partial charge in [-0.3, -0.25) is 0 Å². The zero-order valence-corrected chi connectivity index (χ0v) is 19.5. The summed E-state index contributed by atoms with van der Waals surface area (Å²) in [5.41, 5.74) is 1.81. The molecule has 3 aromatic carbocycles. The van der Waals surface area contributed by atoms with Crippen LogP contribution in [0.4, 0.5) is 13.2 Å². The van der Waals surface area contributed by atoms with Crippen LogP contribution in [0.1, 0.15) is 27.8 Å². The third kappa shape index (κ3) is 3.52. The van der Waals surface area contributed by atoms with Crippen LogP contribution in [0.15, 0.2) is 41.3 Å². The van der Waals surface area contributed by atoms with Crippen molar-refractivity contribution >= 4 is 23.2 Å². The Balaban J connectivity index is 1.99. The summed E-state index contributed by atoms with van der Waals surface area (Å²) >= 11 is -0.214. The molecule has 4 nitrogen and oxygen atoms in total. The van der Waals surface area contributed by atoms with E-state index in [-0.39, 0.29) is 34.5 Å². The fourth-order valence-electron chi connectivity index (χ4n) is 5.25. The summed E-state index contributed by atoms with van der Waals surface area (Å²) in [6.07, 6.45) is 0.615. The van der Waals surface area contributed by atoms with E-state index in [0.29, 0.717) is 50.2 Å². The number of rotatable bonds is 1. The first kappa shape index (κ1) is 23.3. The quantitative estimate of drug-likeness (QED) is 0.217. The van der Waals surface area contributed by atoms with Gasteiger partial charge in [-0.1, -0.05) is 29.8 Å². The molecule has 0 heterocycles. The molecule has 0 aliphatic heterocycles. The lowest BCUT2D eigenvalue weighted by Gasteiger charge is -2.13. The Kier molecular flexibility index (Phi) is 5.37. The van der Waals surface area contributed by atoms with Crippen LogP contribution in [0.3, 0.4) is 0 Å². The van der Waals surface area contributed by atoms with E-state index in [1.165, 1.54) is 12.1 Å². The van der Waals surface area contributed by atoms with Gasteiger partial charge in [0.15, 0.2) is 0 Å². The number of alkyl halides is 3. The van der Waals surface area contributed by atoms with E-state index in [4.69, 9.17) is 13.1 Å². The number of nitriles is 2. The van der Waals surface area contributed by atoms with Gasteiger partial charge in [0.1, 0.15) is 0 Å². The lowest BCUT2D eigenvalue weighted by molar-refractivity contribution is -0.0328. The summed E-state index contributed by atoms with van der Waals surface area (Å²) < 4.78 is 39.1. The second kappa shape index (κ2) is 8.31. The zero-order chi connectivity index (χ0) is 25.8. The van der Waals surface area contributed by atoms with Crippen molar-refractivity contribution in [3.8, 4) is 34.4 Å². The molecule has 2 aliphatic carbocycles. The zero-order valence-electron chi connectivity index (χ0n) is 18.7. The third-order valence-corrected chi connectivity index (χ3v) is 7.18. The molecular weight excluding hydrogens is 481 g/mol. The van der Waals surface area contributed by atoms with Crippen molar-refractivity contribution in [1.29, 1.82) is 10.5 Å². The van der Waals surface area contributed by atoms with Crippen molar-refractivity contribution < 1.29 is 13.2 Å². The van der Waals surface area contributed by atoms with Gasteiger partial charge in [-0.2, -0.15) is 13.2 Å². The molecule has 0 fully saturated rings. The Labute approximate surface area is 208 Å². The van der Waals surface area contributed by atoms with Crippen LogP contribution in [0.2, 0.25) is 0 Å². The highest BCUT2D eigenvalue weighted by Gasteiger charge is 2.33. The summed E-state index contributed by atoms with van der Waals surface area (Å²) in [6.45, 7) is 17.3. The molecule has 0 saturated carbocycles. The molecule has 0 aromatic heterocycles. The van der Waals surface area contributed by atoms with E-state index < -0.39 is 5.51 Å². The van der Waals surface area contributed by atoms with Gasteiger partial charge in [0, 0.05) is 10.1 Å². The number of hydrogen-bond donors (Lipinski definition) is 0. The van der Waals surface area contributed by atoms with Crippen molar-refractivity contribution in [2.24, 2.45) is 0 Å². The molecule has 3 aromatic rings. The predicted molar refractivity (Wildman–Crippen MR) is 130 cm³/mol. The Morgan fingerprint density at radius 3 is 1.92 bits per heavy atom. The van der Waals surface area contributed by atoms with Crippen molar-refractivity contribution in [2.75, 3.05) is 0 Å². The van der Waals surface area contributed by atoms with Crippen molar-refractivity contribution in [2.45, 2.75) is 30.2 Å². The SMILES string of the molecule is [C-]#[N+]/C(C#N)=c1\c2c(/c(=C(/C#N)[N+]#[C-])c3c1Cc1cc(SC(F)(F)F)ccc1-3)-c1ccc(C)cc1C2. The minimum Gasteiger partial charge on any atom is -0.226 e. The first-order chi connectivity index (χ1) is 17.2. The first-order valence-corrected chi connectivity index (χ1v) is 11.5. The van der Waals surface area contributed by atoms with Crippen LogP contribution in [-0.2, 0) is 12.8 Å². The third-order valence-electron chi connectivity index (χ3n) is 6.46. The summed E-state index contributed by atoms with van der Waals surface area (Å²) in [6, 6.07) is 14.2. The Bertz CT molecular complexity index is 1770. The smallest absolute Gasteiger partial charge is 0.226 e. The summed E-state index contributed by atoms with van der Waals surface area (Å²) in [5, 5.41) is 20.6. The molecule has 0 atom stereocenters. The highest BCUT2D eigenvalue weighted by atomic mass is 32.2. The monoisotopic (exact) mass is 494 g/mol. The van der Waals surface area contributed by atoms with Gasteiger partial charge in [-0.05, 0) is 93.4 Å². The van der Waals surface area contributed by atoms with E-state index in [1.54, 1.807) is 6.07 Å². The van der Waals surface area contributed by atoms with Crippen LogP contribution in [0.25, 0.3) is 43.3 Å². The van der Waals surface area contributed by atoms with Gasteiger partial charge in [0.2, 0.25) is 0 Å². The number of aryl methyl sites for hydroxylation is 1. The molecular formula is C28H13F3N4S. The maximum Gasteiger partial charge on any atom is 0.446 e. The Morgan fingerprint density at radius 1 is 0.861 bits per heavy atom. The number of benzene rings is 3. The van der Waals surface area contributed by atoms with Gasteiger partial charge >= 0.3 is 5.51 Å². The predicted octanol–water partition coefficient (Wildman–Crippen LogP) is 5.85. The van der Waals surface area contributed by atoms with E-state index >= 15 is 0 Å².